The Morgan fingerprint density at radius 1 is 1.07 bits per heavy atom. The zero-order chi connectivity index (χ0) is 20.4. The molecule has 150 valence electrons. The number of aliphatic imine (C=N–C) groups is 1. The van der Waals surface area contributed by atoms with E-state index >= 15 is 0 Å². The van der Waals surface area contributed by atoms with Crippen molar-refractivity contribution in [3.05, 3.63) is 52.5 Å². The molecule has 3 N–H and O–H groups in total. The van der Waals surface area contributed by atoms with Crippen LogP contribution in [0, 0.1) is 0 Å². The molecular weight excluding hydrogens is 424 g/mol. The zero-order valence-corrected chi connectivity index (χ0v) is 17.8. The Balaban J connectivity index is 1.83. The lowest BCUT2D eigenvalue weighted by molar-refractivity contribution is 0.0954. The van der Waals surface area contributed by atoms with Crippen LogP contribution in [0.25, 0.3) is 0 Å². The van der Waals surface area contributed by atoms with Gasteiger partial charge in [-0.25, -0.2) is 0 Å². The van der Waals surface area contributed by atoms with Gasteiger partial charge in [0.1, 0.15) is 0 Å². The summed E-state index contributed by atoms with van der Waals surface area (Å²) < 4.78 is 11.8. The normalized spacial score (nSPS) is 10.9. The van der Waals surface area contributed by atoms with Gasteiger partial charge < -0.3 is 25.4 Å². The van der Waals surface area contributed by atoms with E-state index in [0.29, 0.717) is 42.7 Å². The van der Waals surface area contributed by atoms with Crippen LogP contribution in [0.15, 0.2) is 51.9 Å². The second kappa shape index (κ2) is 11.2. The maximum absolute atomic E-state index is 12.1. The molecule has 0 aliphatic carbocycles. The first-order chi connectivity index (χ1) is 13.6. The molecule has 0 atom stereocenters. The fourth-order valence-corrected chi connectivity index (χ4v) is 2.66. The average molecular weight is 449 g/mol. The summed E-state index contributed by atoms with van der Waals surface area (Å²) in [5, 5.41) is 9.21. The minimum Gasteiger partial charge on any atom is -0.493 e. The molecule has 0 radical (unpaired) electrons. The van der Waals surface area contributed by atoms with E-state index in [1.54, 1.807) is 26.3 Å². The number of benzene rings is 2. The lowest BCUT2D eigenvalue weighted by Gasteiger charge is -2.15. The maximum atomic E-state index is 12.1. The van der Waals surface area contributed by atoms with Crippen molar-refractivity contribution in [2.75, 3.05) is 39.2 Å². The van der Waals surface area contributed by atoms with Crippen LogP contribution in [0.4, 0.5) is 5.69 Å². The zero-order valence-electron chi connectivity index (χ0n) is 16.2. The van der Waals surface area contributed by atoms with E-state index in [1.165, 1.54) is 0 Å². The van der Waals surface area contributed by atoms with E-state index in [2.05, 4.69) is 36.9 Å². The first-order valence-corrected chi connectivity index (χ1v) is 9.69. The van der Waals surface area contributed by atoms with Crippen LogP contribution in [0.2, 0.25) is 0 Å². The predicted molar refractivity (Wildman–Crippen MR) is 116 cm³/mol. The van der Waals surface area contributed by atoms with E-state index in [0.717, 1.165) is 10.2 Å². The Morgan fingerprint density at radius 2 is 1.79 bits per heavy atom. The number of carbonyl (C=O) groups is 1. The van der Waals surface area contributed by atoms with Crippen molar-refractivity contribution in [1.29, 1.82) is 0 Å². The average Bonchev–Trinajstić information content (AvgIpc) is 2.71. The molecule has 0 aliphatic rings. The van der Waals surface area contributed by atoms with Crippen LogP contribution in [0.5, 0.6) is 11.5 Å². The predicted octanol–water partition coefficient (Wildman–Crippen LogP) is 3.27. The lowest BCUT2D eigenvalue weighted by Crippen LogP contribution is -2.37. The van der Waals surface area contributed by atoms with Crippen molar-refractivity contribution in [2.45, 2.75) is 6.92 Å². The Hall–Kier alpha value is -2.74. The molecule has 0 spiro atoms. The van der Waals surface area contributed by atoms with Gasteiger partial charge in [-0.05, 0) is 43.3 Å². The SMILES string of the molecule is CCOc1ccc(NC(=NC)NCCNC(=O)c2ccc(Br)cc2)cc1OC. The van der Waals surface area contributed by atoms with Crippen LogP contribution >= 0.6 is 15.9 Å². The Kier molecular flexibility index (Phi) is 8.61. The van der Waals surface area contributed by atoms with Gasteiger partial charge in [0.05, 0.1) is 13.7 Å². The van der Waals surface area contributed by atoms with Gasteiger partial charge in [0.25, 0.3) is 5.91 Å². The van der Waals surface area contributed by atoms with Crippen molar-refractivity contribution in [1.82, 2.24) is 10.6 Å². The van der Waals surface area contributed by atoms with Gasteiger partial charge in [-0.1, -0.05) is 15.9 Å². The Bertz CT molecular complexity index is 810. The number of nitrogens with one attached hydrogen (secondary N) is 3. The number of carbonyl (C=O) groups excluding carboxylic acids is 1. The van der Waals surface area contributed by atoms with E-state index < -0.39 is 0 Å². The number of ether oxygens (including phenoxy) is 2. The van der Waals surface area contributed by atoms with Crippen LogP contribution < -0.4 is 25.4 Å². The highest BCUT2D eigenvalue weighted by molar-refractivity contribution is 9.10. The van der Waals surface area contributed by atoms with Crippen molar-refractivity contribution in [3.8, 4) is 11.5 Å². The van der Waals surface area contributed by atoms with Crippen molar-refractivity contribution in [2.24, 2.45) is 4.99 Å². The summed E-state index contributed by atoms with van der Waals surface area (Å²) in [6.45, 7) is 3.48. The standard InChI is InChI=1S/C20H25BrN4O3/c1-4-28-17-10-9-16(13-18(17)27-3)25-20(22-2)24-12-11-23-19(26)14-5-7-15(21)8-6-14/h5-10,13H,4,11-12H2,1-3H3,(H,23,26)(H2,22,24,25). The van der Waals surface area contributed by atoms with Gasteiger partial charge in [-0.15, -0.1) is 0 Å². The molecule has 0 saturated carbocycles. The monoisotopic (exact) mass is 448 g/mol. The molecule has 1 amide bonds. The highest BCUT2D eigenvalue weighted by atomic mass is 79.9. The van der Waals surface area contributed by atoms with E-state index in [1.807, 2.05) is 37.3 Å². The number of methoxy groups -OCH3 is 1. The lowest BCUT2D eigenvalue weighted by atomic mass is 10.2. The fourth-order valence-electron chi connectivity index (χ4n) is 2.40. The number of anilines is 1. The van der Waals surface area contributed by atoms with Crippen molar-refractivity contribution >= 4 is 33.5 Å². The molecule has 0 unspecified atom stereocenters. The highest BCUT2D eigenvalue weighted by Gasteiger charge is 2.07. The molecule has 0 heterocycles. The number of rotatable bonds is 8. The largest absolute Gasteiger partial charge is 0.493 e. The van der Waals surface area contributed by atoms with Gasteiger partial charge in [0.2, 0.25) is 0 Å². The Morgan fingerprint density at radius 3 is 2.43 bits per heavy atom. The third-order valence-electron chi connectivity index (χ3n) is 3.76. The summed E-state index contributed by atoms with van der Waals surface area (Å²) in [5.74, 6) is 1.80. The molecule has 2 aromatic rings. The first-order valence-electron chi connectivity index (χ1n) is 8.89. The summed E-state index contributed by atoms with van der Waals surface area (Å²) in [5.41, 5.74) is 1.43. The number of halogens is 1. The van der Waals surface area contributed by atoms with Gasteiger partial charge in [-0.3, -0.25) is 9.79 Å². The summed E-state index contributed by atoms with van der Waals surface area (Å²) >= 11 is 3.35. The summed E-state index contributed by atoms with van der Waals surface area (Å²) in [7, 11) is 3.28. The third kappa shape index (κ3) is 6.45. The first kappa shape index (κ1) is 21.6. The summed E-state index contributed by atoms with van der Waals surface area (Å²) in [6, 6.07) is 12.8. The molecule has 2 aromatic carbocycles. The molecule has 0 saturated heterocycles. The minimum atomic E-state index is -0.117. The van der Waals surface area contributed by atoms with E-state index in [9.17, 15) is 4.79 Å². The van der Waals surface area contributed by atoms with Crippen LogP contribution in [-0.4, -0.2) is 45.7 Å². The number of hydrogen-bond acceptors (Lipinski definition) is 4. The number of guanidine groups is 1. The van der Waals surface area contributed by atoms with Crippen LogP contribution in [0.1, 0.15) is 17.3 Å². The van der Waals surface area contributed by atoms with Crippen molar-refractivity contribution < 1.29 is 14.3 Å². The second-order valence-electron chi connectivity index (χ2n) is 5.69. The van der Waals surface area contributed by atoms with Gasteiger partial charge in [0, 0.05) is 41.9 Å². The molecule has 0 aromatic heterocycles. The quantitative estimate of drug-likeness (QED) is 0.327. The number of nitrogens with zero attached hydrogens (tertiary/aromatic N) is 1. The van der Waals surface area contributed by atoms with E-state index in [4.69, 9.17) is 9.47 Å². The minimum absolute atomic E-state index is 0.117. The van der Waals surface area contributed by atoms with Gasteiger partial charge in [-0.2, -0.15) is 0 Å². The molecule has 28 heavy (non-hydrogen) atoms. The number of amides is 1. The fraction of sp³-hybridized carbons (Fsp3) is 0.300. The van der Waals surface area contributed by atoms with E-state index in [-0.39, 0.29) is 5.91 Å². The second-order valence-corrected chi connectivity index (χ2v) is 6.60. The maximum Gasteiger partial charge on any atom is 0.251 e. The third-order valence-corrected chi connectivity index (χ3v) is 4.29. The molecule has 8 heteroatoms. The molecule has 7 nitrogen and oxygen atoms in total. The van der Waals surface area contributed by atoms with Gasteiger partial charge >= 0.3 is 0 Å². The topological polar surface area (TPSA) is 84.0 Å². The van der Waals surface area contributed by atoms with Crippen molar-refractivity contribution in [3.63, 3.8) is 0 Å². The Labute approximate surface area is 173 Å². The smallest absolute Gasteiger partial charge is 0.251 e. The molecule has 0 aliphatic heterocycles. The molecule has 0 bridgehead atoms. The van der Waals surface area contributed by atoms with Gasteiger partial charge in [0.15, 0.2) is 17.5 Å². The summed E-state index contributed by atoms with van der Waals surface area (Å²) in [6.07, 6.45) is 0. The number of hydrogen-bond donors (Lipinski definition) is 3. The molecular formula is C20H25BrN4O3. The molecule has 0 fully saturated rings. The van der Waals surface area contributed by atoms with Crippen LogP contribution in [0.3, 0.4) is 0 Å². The molecule has 2 rings (SSSR count). The van der Waals surface area contributed by atoms with Crippen LogP contribution in [-0.2, 0) is 0 Å². The highest BCUT2D eigenvalue weighted by Crippen LogP contribution is 2.30. The summed E-state index contributed by atoms with van der Waals surface area (Å²) in [4.78, 5) is 16.3.